The van der Waals surface area contributed by atoms with Gasteiger partial charge in [0.2, 0.25) is 0 Å². The third kappa shape index (κ3) is 23.1. The Morgan fingerprint density at radius 3 is 1.71 bits per heavy atom. The van der Waals surface area contributed by atoms with E-state index in [1.165, 1.54) is 89.9 Å². The van der Waals surface area contributed by atoms with Crippen molar-refractivity contribution in [2.24, 2.45) is 0 Å². The average Bonchev–Trinajstić information content (AvgIpc) is 3.60. The van der Waals surface area contributed by atoms with Crippen LogP contribution in [0.2, 0.25) is 0 Å². The molecular formula is C36H70O13S3. The van der Waals surface area contributed by atoms with Crippen molar-refractivity contribution in [3.05, 3.63) is 0 Å². The standard InChI is InChI=1S/C36H70O13S3/c1-4-6-8-10-12-14-16-18-20-24-43-30-34-33(48-35(3,49-34)22-25-45-51(37,38)39)28-36(23-26-46-52(40,41)42)44-29-32(47-36)31-50-27-21-19-17-15-13-11-9-7-5-2/h32-34H,4-31H2,1-3H3,(H,37,38,39)(H,40,41,42). The summed E-state index contributed by atoms with van der Waals surface area (Å²) in [5, 5.41) is 0. The second-order valence-electron chi connectivity index (χ2n) is 14.4. The zero-order valence-electron chi connectivity index (χ0n) is 32.1. The Kier molecular flexibility index (Phi) is 24.7. The lowest BCUT2D eigenvalue weighted by molar-refractivity contribution is -0.208. The van der Waals surface area contributed by atoms with Crippen LogP contribution in [0, 0.1) is 0 Å². The minimum Gasteiger partial charge on any atom is -0.379 e. The van der Waals surface area contributed by atoms with E-state index in [-0.39, 0.29) is 45.2 Å². The normalized spacial score (nSPS) is 25.4. The zero-order chi connectivity index (χ0) is 38.2. The van der Waals surface area contributed by atoms with Crippen molar-refractivity contribution in [1.82, 2.24) is 0 Å². The van der Waals surface area contributed by atoms with Gasteiger partial charge < -0.3 is 23.7 Å². The van der Waals surface area contributed by atoms with Crippen molar-refractivity contribution in [3.8, 4) is 0 Å². The molecule has 0 aromatic heterocycles. The molecule has 52 heavy (non-hydrogen) atoms. The maximum absolute atomic E-state index is 11.4. The lowest BCUT2D eigenvalue weighted by Gasteiger charge is -2.31. The van der Waals surface area contributed by atoms with Crippen LogP contribution in [0.4, 0.5) is 0 Å². The van der Waals surface area contributed by atoms with Gasteiger partial charge in [-0.2, -0.15) is 28.6 Å². The Morgan fingerprint density at radius 1 is 0.654 bits per heavy atom. The fraction of sp³-hybridized carbons (Fsp3) is 1.00. The number of thioether (sulfide) groups is 1. The Bertz CT molecular complexity index is 1130. The molecule has 2 aliphatic rings. The van der Waals surface area contributed by atoms with E-state index >= 15 is 0 Å². The van der Waals surface area contributed by atoms with E-state index in [1.54, 1.807) is 18.7 Å². The van der Waals surface area contributed by atoms with Crippen LogP contribution in [0.5, 0.6) is 0 Å². The van der Waals surface area contributed by atoms with Crippen molar-refractivity contribution in [2.45, 2.75) is 185 Å². The van der Waals surface area contributed by atoms with Crippen LogP contribution in [0.3, 0.4) is 0 Å². The molecule has 5 unspecified atom stereocenters. The highest BCUT2D eigenvalue weighted by atomic mass is 32.3. The van der Waals surface area contributed by atoms with Gasteiger partial charge in [-0.05, 0) is 25.5 Å². The number of ether oxygens (including phenoxy) is 5. The van der Waals surface area contributed by atoms with E-state index in [4.69, 9.17) is 28.2 Å². The highest BCUT2D eigenvalue weighted by molar-refractivity contribution is 7.99. The van der Waals surface area contributed by atoms with Crippen LogP contribution in [0.25, 0.3) is 0 Å². The van der Waals surface area contributed by atoms with Gasteiger partial charge in [-0.3, -0.25) is 9.11 Å². The molecule has 2 fully saturated rings. The van der Waals surface area contributed by atoms with Crippen molar-refractivity contribution in [1.29, 1.82) is 0 Å². The van der Waals surface area contributed by atoms with Gasteiger partial charge in [0, 0.05) is 31.6 Å². The van der Waals surface area contributed by atoms with Crippen molar-refractivity contribution >= 4 is 32.6 Å². The molecule has 0 bridgehead atoms. The summed E-state index contributed by atoms with van der Waals surface area (Å²) >= 11 is 1.80. The molecule has 0 spiro atoms. The Hall–Kier alpha value is -0.110. The molecule has 0 aromatic rings. The summed E-state index contributed by atoms with van der Waals surface area (Å²) in [6, 6.07) is 0. The molecule has 0 amide bonds. The molecule has 310 valence electrons. The molecule has 0 radical (unpaired) electrons. The number of hydrogen-bond donors (Lipinski definition) is 2. The molecule has 2 aliphatic heterocycles. The maximum Gasteiger partial charge on any atom is 0.397 e. The van der Waals surface area contributed by atoms with Gasteiger partial charge in [0.25, 0.3) is 0 Å². The smallest absolute Gasteiger partial charge is 0.379 e. The molecule has 5 atom stereocenters. The fourth-order valence-electron chi connectivity index (χ4n) is 6.68. The van der Waals surface area contributed by atoms with Crippen LogP contribution in [-0.4, -0.2) is 100 Å². The van der Waals surface area contributed by atoms with E-state index < -0.39 is 44.6 Å². The van der Waals surface area contributed by atoms with Crippen LogP contribution in [-0.2, 0) is 52.8 Å². The third-order valence-corrected chi connectivity index (χ3v) is 11.6. The first-order valence-electron chi connectivity index (χ1n) is 19.9. The van der Waals surface area contributed by atoms with Crippen molar-refractivity contribution < 1.29 is 58.0 Å². The molecule has 0 aromatic carbocycles. The minimum absolute atomic E-state index is 0.000670. The van der Waals surface area contributed by atoms with Gasteiger partial charge in [-0.1, -0.05) is 117 Å². The van der Waals surface area contributed by atoms with Crippen LogP contribution in [0.1, 0.15) is 156 Å². The highest BCUT2D eigenvalue weighted by Crippen LogP contribution is 2.40. The summed E-state index contributed by atoms with van der Waals surface area (Å²) in [4.78, 5) is 0. The molecule has 0 aliphatic carbocycles. The molecular weight excluding hydrogens is 737 g/mol. The van der Waals surface area contributed by atoms with Gasteiger partial charge in [0.05, 0.1) is 38.6 Å². The molecule has 0 saturated carbocycles. The molecule has 2 saturated heterocycles. The number of hydrogen-bond acceptors (Lipinski definition) is 12. The van der Waals surface area contributed by atoms with E-state index in [9.17, 15) is 21.4 Å². The van der Waals surface area contributed by atoms with Gasteiger partial charge in [0.15, 0.2) is 11.6 Å². The quantitative estimate of drug-likeness (QED) is 0.0470. The highest BCUT2D eigenvalue weighted by Gasteiger charge is 2.51. The van der Waals surface area contributed by atoms with Crippen molar-refractivity contribution in [3.63, 3.8) is 0 Å². The van der Waals surface area contributed by atoms with Crippen molar-refractivity contribution in [2.75, 3.05) is 44.5 Å². The summed E-state index contributed by atoms with van der Waals surface area (Å²) in [5.74, 6) is -0.837. The Morgan fingerprint density at radius 2 is 1.15 bits per heavy atom. The minimum atomic E-state index is -4.67. The largest absolute Gasteiger partial charge is 0.397 e. The first-order chi connectivity index (χ1) is 24.8. The lowest BCUT2D eigenvalue weighted by atomic mass is 10.0. The number of unbranched alkanes of at least 4 members (excludes halogenated alkanes) is 16. The predicted molar refractivity (Wildman–Crippen MR) is 203 cm³/mol. The maximum atomic E-state index is 11.4. The van der Waals surface area contributed by atoms with Gasteiger partial charge in [0.1, 0.15) is 6.10 Å². The molecule has 2 rings (SSSR count). The van der Waals surface area contributed by atoms with Crippen LogP contribution < -0.4 is 0 Å². The number of rotatable bonds is 34. The molecule has 2 heterocycles. The lowest BCUT2D eigenvalue weighted by Crippen LogP contribution is -2.41. The van der Waals surface area contributed by atoms with Crippen LogP contribution >= 0.6 is 11.8 Å². The van der Waals surface area contributed by atoms with E-state index in [1.807, 2.05) is 0 Å². The average molecular weight is 807 g/mol. The second kappa shape index (κ2) is 26.7. The zero-order valence-corrected chi connectivity index (χ0v) is 34.6. The van der Waals surface area contributed by atoms with E-state index in [0.717, 1.165) is 31.4 Å². The molecule has 13 nitrogen and oxygen atoms in total. The summed E-state index contributed by atoms with van der Waals surface area (Å²) in [6.45, 7) is 6.41. The Labute approximate surface area is 319 Å². The Balaban J connectivity index is 1.93. The SMILES string of the molecule is CCCCCCCCCCCOCC1OC(C)(CCOS(=O)(=O)O)OC1CC1(CCOS(=O)(=O)O)OCC(CSCCCCCCCCCCC)O1. The van der Waals surface area contributed by atoms with E-state index in [2.05, 4.69) is 22.2 Å². The molecule has 2 N–H and O–H groups in total. The predicted octanol–water partition coefficient (Wildman–Crippen LogP) is 8.22. The van der Waals surface area contributed by atoms with Gasteiger partial charge >= 0.3 is 20.8 Å². The monoisotopic (exact) mass is 806 g/mol. The van der Waals surface area contributed by atoms with Crippen LogP contribution in [0.15, 0.2) is 0 Å². The topological polar surface area (TPSA) is 173 Å². The summed E-state index contributed by atoms with van der Waals surface area (Å²) < 4.78 is 104. The van der Waals surface area contributed by atoms with E-state index in [0.29, 0.717) is 19.0 Å². The first-order valence-corrected chi connectivity index (χ1v) is 23.7. The summed E-state index contributed by atoms with van der Waals surface area (Å²) in [6.07, 6.45) is 20.8. The second-order valence-corrected chi connectivity index (χ2v) is 17.8. The molecule has 16 heteroatoms. The fourth-order valence-corrected chi connectivity index (χ4v) is 8.27. The summed E-state index contributed by atoms with van der Waals surface area (Å²) in [5.41, 5.74) is 0. The summed E-state index contributed by atoms with van der Waals surface area (Å²) in [7, 11) is -9.31. The van der Waals surface area contributed by atoms with Gasteiger partial charge in [-0.15, -0.1) is 0 Å². The van der Waals surface area contributed by atoms with Gasteiger partial charge in [-0.25, -0.2) is 8.37 Å². The third-order valence-electron chi connectivity index (χ3n) is 9.52. The first kappa shape index (κ1) is 48.0.